The van der Waals surface area contributed by atoms with Crippen LogP contribution in [0.1, 0.15) is 36.3 Å². The third-order valence-electron chi connectivity index (χ3n) is 4.36. The SMILES string of the molecule is O=C1CCCC2=C1C(c1ccc(Cl)cc1)c1c([nH]c(=O)[nH]c1=O)O2. The maximum Gasteiger partial charge on any atom is 0.328 e. The zero-order valence-electron chi connectivity index (χ0n) is 12.5. The van der Waals surface area contributed by atoms with Crippen molar-refractivity contribution in [1.29, 1.82) is 0 Å². The van der Waals surface area contributed by atoms with Gasteiger partial charge in [-0.3, -0.25) is 19.6 Å². The molecule has 0 amide bonds. The minimum Gasteiger partial charge on any atom is -0.444 e. The number of rotatable bonds is 1. The molecule has 1 aromatic carbocycles. The van der Waals surface area contributed by atoms with Crippen molar-refractivity contribution in [2.24, 2.45) is 0 Å². The Balaban J connectivity index is 2.01. The van der Waals surface area contributed by atoms with E-state index in [1.165, 1.54) is 0 Å². The number of allylic oxidation sites excluding steroid dienone is 2. The van der Waals surface area contributed by atoms with E-state index in [2.05, 4.69) is 9.97 Å². The Labute approximate surface area is 141 Å². The van der Waals surface area contributed by atoms with Gasteiger partial charge in [-0.2, -0.15) is 0 Å². The number of ketones is 1. The molecule has 2 aliphatic rings. The number of hydrogen-bond acceptors (Lipinski definition) is 4. The number of Topliss-reactive ketones (excluding diaryl/α,β-unsaturated/α-hetero) is 1. The van der Waals surface area contributed by atoms with Gasteiger partial charge in [-0.15, -0.1) is 0 Å². The quantitative estimate of drug-likeness (QED) is 0.830. The molecule has 2 heterocycles. The van der Waals surface area contributed by atoms with Gasteiger partial charge in [-0.25, -0.2) is 4.79 Å². The number of halogens is 1. The van der Waals surface area contributed by atoms with Crippen LogP contribution in [0.3, 0.4) is 0 Å². The van der Waals surface area contributed by atoms with Crippen LogP contribution in [0.4, 0.5) is 0 Å². The summed E-state index contributed by atoms with van der Waals surface area (Å²) in [5.41, 5.74) is 0.294. The minimum atomic E-state index is -0.639. The van der Waals surface area contributed by atoms with Gasteiger partial charge in [0.1, 0.15) is 5.76 Å². The molecule has 0 saturated carbocycles. The number of carbonyl (C=O) groups is 1. The van der Waals surface area contributed by atoms with Gasteiger partial charge in [0.05, 0.1) is 11.5 Å². The van der Waals surface area contributed by atoms with Crippen LogP contribution in [0.15, 0.2) is 45.2 Å². The minimum absolute atomic E-state index is 0.0348. The van der Waals surface area contributed by atoms with Crippen molar-refractivity contribution < 1.29 is 9.53 Å². The number of aromatic nitrogens is 2. The molecule has 4 rings (SSSR count). The molecule has 0 bridgehead atoms. The van der Waals surface area contributed by atoms with E-state index < -0.39 is 17.2 Å². The summed E-state index contributed by atoms with van der Waals surface area (Å²) in [6.07, 6.45) is 1.70. The number of H-pyrrole nitrogens is 2. The summed E-state index contributed by atoms with van der Waals surface area (Å²) in [6, 6.07) is 6.97. The lowest BCUT2D eigenvalue weighted by Gasteiger charge is -2.31. The van der Waals surface area contributed by atoms with Crippen molar-refractivity contribution in [2.45, 2.75) is 25.2 Å². The van der Waals surface area contributed by atoms with Crippen molar-refractivity contribution in [3.05, 3.63) is 72.6 Å². The maximum atomic E-state index is 12.5. The molecule has 1 aliphatic carbocycles. The topological polar surface area (TPSA) is 92.0 Å². The molecule has 0 spiro atoms. The van der Waals surface area contributed by atoms with Crippen LogP contribution >= 0.6 is 11.6 Å². The van der Waals surface area contributed by atoms with Gasteiger partial charge < -0.3 is 4.74 Å². The maximum absolute atomic E-state index is 12.5. The molecule has 0 fully saturated rings. The van der Waals surface area contributed by atoms with Crippen molar-refractivity contribution in [3.8, 4) is 5.88 Å². The lowest BCUT2D eigenvalue weighted by Crippen LogP contribution is -2.34. The fourth-order valence-corrected chi connectivity index (χ4v) is 3.46. The second-order valence-corrected chi connectivity index (χ2v) is 6.29. The molecule has 6 nitrogen and oxygen atoms in total. The molecule has 24 heavy (non-hydrogen) atoms. The fourth-order valence-electron chi connectivity index (χ4n) is 3.34. The van der Waals surface area contributed by atoms with E-state index in [-0.39, 0.29) is 17.2 Å². The van der Waals surface area contributed by atoms with Crippen LogP contribution in [0.2, 0.25) is 5.02 Å². The van der Waals surface area contributed by atoms with E-state index in [1.54, 1.807) is 24.3 Å². The third kappa shape index (κ3) is 2.30. The number of nitrogens with one attached hydrogen (secondary N) is 2. The van der Waals surface area contributed by atoms with Gasteiger partial charge in [0.15, 0.2) is 5.78 Å². The van der Waals surface area contributed by atoms with Crippen LogP contribution < -0.4 is 16.0 Å². The number of benzene rings is 1. The number of ether oxygens (including phenoxy) is 1. The molecule has 0 radical (unpaired) electrons. The molecule has 1 unspecified atom stereocenters. The number of fused-ring (bicyclic) bond motifs is 1. The number of aromatic amines is 2. The summed E-state index contributed by atoms with van der Waals surface area (Å²) in [7, 11) is 0. The Morgan fingerprint density at radius 2 is 1.79 bits per heavy atom. The fraction of sp³-hybridized carbons (Fsp3) is 0.235. The van der Waals surface area contributed by atoms with Crippen molar-refractivity contribution in [3.63, 3.8) is 0 Å². The second-order valence-electron chi connectivity index (χ2n) is 5.85. The molecule has 1 aromatic heterocycles. The standard InChI is InChI=1S/C17H13ClN2O4/c18-9-6-4-8(5-7-9)12-13-10(21)2-1-3-11(13)24-16-14(12)15(22)19-17(23)20-16/h4-7,12H,1-3H2,(H2,19,20,22,23). The molecule has 7 heteroatoms. The highest BCUT2D eigenvalue weighted by molar-refractivity contribution is 6.30. The van der Waals surface area contributed by atoms with Crippen molar-refractivity contribution in [2.75, 3.05) is 0 Å². The summed E-state index contributed by atoms with van der Waals surface area (Å²) >= 11 is 5.95. The van der Waals surface area contributed by atoms with Gasteiger partial charge in [0.2, 0.25) is 5.88 Å². The zero-order chi connectivity index (χ0) is 16.8. The predicted octanol–water partition coefficient (Wildman–Crippen LogP) is 2.25. The van der Waals surface area contributed by atoms with Crippen LogP contribution in [-0.2, 0) is 4.79 Å². The van der Waals surface area contributed by atoms with Crippen LogP contribution in [-0.4, -0.2) is 15.8 Å². The summed E-state index contributed by atoms with van der Waals surface area (Å²) in [4.78, 5) is 41.2. The van der Waals surface area contributed by atoms with E-state index in [1.807, 2.05) is 0 Å². The monoisotopic (exact) mass is 344 g/mol. The first kappa shape index (κ1) is 15.0. The normalized spacial score (nSPS) is 19.5. The molecule has 0 saturated heterocycles. The van der Waals surface area contributed by atoms with E-state index in [0.29, 0.717) is 35.6 Å². The zero-order valence-corrected chi connectivity index (χ0v) is 13.3. The Bertz CT molecular complexity index is 985. The number of carbonyl (C=O) groups excluding carboxylic acids is 1. The summed E-state index contributed by atoms with van der Waals surface area (Å²) < 4.78 is 5.70. The summed E-state index contributed by atoms with van der Waals surface area (Å²) in [5.74, 6) is 0.0268. The molecular formula is C17H13ClN2O4. The smallest absolute Gasteiger partial charge is 0.328 e. The summed E-state index contributed by atoms with van der Waals surface area (Å²) in [6.45, 7) is 0. The highest BCUT2D eigenvalue weighted by Crippen LogP contribution is 2.43. The average Bonchev–Trinajstić information content (AvgIpc) is 2.54. The Morgan fingerprint density at radius 1 is 1.04 bits per heavy atom. The average molecular weight is 345 g/mol. The first-order valence-corrected chi connectivity index (χ1v) is 7.98. The molecule has 122 valence electrons. The lowest BCUT2D eigenvalue weighted by molar-refractivity contribution is -0.116. The highest BCUT2D eigenvalue weighted by Gasteiger charge is 2.38. The van der Waals surface area contributed by atoms with Gasteiger partial charge >= 0.3 is 5.69 Å². The van der Waals surface area contributed by atoms with E-state index in [4.69, 9.17) is 16.3 Å². The van der Waals surface area contributed by atoms with Crippen LogP contribution in [0, 0.1) is 0 Å². The molecular weight excluding hydrogens is 332 g/mol. The predicted molar refractivity (Wildman–Crippen MR) is 87.5 cm³/mol. The Hall–Kier alpha value is -2.60. The van der Waals surface area contributed by atoms with E-state index in [9.17, 15) is 14.4 Å². The van der Waals surface area contributed by atoms with E-state index in [0.717, 1.165) is 5.56 Å². The van der Waals surface area contributed by atoms with E-state index >= 15 is 0 Å². The van der Waals surface area contributed by atoms with Gasteiger partial charge in [-0.1, -0.05) is 23.7 Å². The third-order valence-corrected chi connectivity index (χ3v) is 4.61. The lowest BCUT2D eigenvalue weighted by atomic mass is 9.78. The first-order chi connectivity index (χ1) is 11.5. The van der Waals surface area contributed by atoms with Crippen LogP contribution in [0.5, 0.6) is 5.88 Å². The van der Waals surface area contributed by atoms with Gasteiger partial charge in [0.25, 0.3) is 5.56 Å². The van der Waals surface area contributed by atoms with Gasteiger partial charge in [-0.05, 0) is 24.1 Å². The molecule has 1 atom stereocenters. The Morgan fingerprint density at radius 3 is 2.54 bits per heavy atom. The second kappa shape index (κ2) is 5.49. The van der Waals surface area contributed by atoms with Crippen molar-refractivity contribution in [1.82, 2.24) is 9.97 Å². The summed E-state index contributed by atoms with van der Waals surface area (Å²) in [5, 5.41) is 0.561. The largest absolute Gasteiger partial charge is 0.444 e. The molecule has 2 N–H and O–H groups in total. The first-order valence-electron chi connectivity index (χ1n) is 7.60. The Kier molecular flexibility index (Phi) is 3.42. The van der Waals surface area contributed by atoms with Gasteiger partial charge in [0, 0.05) is 23.4 Å². The molecule has 2 aromatic rings. The highest BCUT2D eigenvalue weighted by atomic mass is 35.5. The number of hydrogen-bond donors (Lipinski definition) is 2. The van der Waals surface area contributed by atoms with Crippen LogP contribution in [0.25, 0.3) is 0 Å². The molecule has 1 aliphatic heterocycles. The van der Waals surface area contributed by atoms with Crippen molar-refractivity contribution >= 4 is 17.4 Å².